The average molecular weight is 393 g/mol. The molecule has 2 heterocycles. The Balaban J connectivity index is 0.00000176. The van der Waals surface area contributed by atoms with E-state index in [0.717, 1.165) is 37.0 Å². The van der Waals surface area contributed by atoms with Crippen molar-refractivity contribution in [2.75, 3.05) is 13.1 Å². The van der Waals surface area contributed by atoms with Gasteiger partial charge in [-0.1, -0.05) is 12.1 Å². The van der Waals surface area contributed by atoms with Gasteiger partial charge < -0.3 is 5.32 Å². The summed E-state index contributed by atoms with van der Waals surface area (Å²) in [6.07, 6.45) is -2.24. The van der Waals surface area contributed by atoms with E-state index in [1.807, 2.05) is 5.38 Å². The Labute approximate surface area is 141 Å². The third-order valence-electron chi connectivity index (χ3n) is 3.70. The summed E-state index contributed by atoms with van der Waals surface area (Å²) in [6.45, 7) is 1.95. The van der Waals surface area contributed by atoms with Crippen molar-refractivity contribution in [2.45, 2.75) is 24.9 Å². The molecule has 0 aliphatic carbocycles. The van der Waals surface area contributed by atoms with Crippen molar-refractivity contribution in [1.29, 1.82) is 0 Å². The molecule has 7 heteroatoms. The molecule has 1 saturated heterocycles. The lowest BCUT2D eigenvalue weighted by Crippen LogP contribution is -2.26. The van der Waals surface area contributed by atoms with Gasteiger partial charge in [0.05, 0.1) is 16.3 Å². The fourth-order valence-electron chi connectivity index (χ4n) is 2.53. The molecule has 1 fully saturated rings. The van der Waals surface area contributed by atoms with E-state index < -0.39 is 11.7 Å². The normalized spacial score (nSPS) is 16.3. The molecule has 0 saturated carbocycles. The lowest BCUT2D eigenvalue weighted by Gasteiger charge is -2.20. The van der Waals surface area contributed by atoms with Crippen molar-refractivity contribution < 1.29 is 13.2 Å². The van der Waals surface area contributed by atoms with Crippen molar-refractivity contribution in [2.24, 2.45) is 0 Å². The lowest BCUT2D eigenvalue weighted by molar-refractivity contribution is -0.137. The van der Waals surface area contributed by atoms with Crippen LogP contribution < -0.4 is 5.32 Å². The molecule has 3 rings (SSSR count). The number of piperidine rings is 1. The molecule has 0 amide bonds. The predicted molar refractivity (Wildman–Crippen MR) is 87.7 cm³/mol. The van der Waals surface area contributed by atoms with Gasteiger partial charge in [-0.25, -0.2) is 4.98 Å². The van der Waals surface area contributed by atoms with Gasteiger partial charge in [-0.05, 0) is 38.1 Å². The van der Waals surface area contributed by atoms with Crippen LogP contribution >= 0.6 is 28.3 Å². The topological polar surface area (TPSA) is 24.9 Å². The minimum atomic E-state index is -4.32. The first-order valence-electron chi connectivity index (χ1n) is 6.88. The van der Waals surface area contributed by atoms with E-state index in [-0.39, 0.29) is 17.0 Å². The molecule has 2 nitrogen and oxygen atoms in total. The van der Waals surface area contributed by atoms with Crippen molar-refractivity contribution >= 4 is 28.3 Å². The highest BCUT2D eigenvalue weighted by Crippen LogP contribution is 2.34. The standard InChI is InChI=1S/C15H15F3N2S.BrH/c16-15(17,18)12-3-1-2-11(8-12)13-9-21-14(20-13)10-4-6-19-7-5-10;/h1-3,8-10,19H,4-7H2;1H. The maximum Gasteiger partial charge on any atom is 0.416 e. The van der Waals surface area contributed by atoms with E-state index in [0.29, 0.717) is 17.2 Å². The van der Waals surface area contributed by atoms with Crippen LogP contribution in [-0.2, 0) is 6.18 Å². The molecule has 0 unspecified atom stereocenters. The second kappa shape index (κ2) is 7.10. The van der Waals surface area contributed by atoms with Crippen LogP contribution in [0.1, 0.15) is 29.3 Å². The summed E-state index contributed by atoms with van der Waals surface area (Å²) in [4.78, 5) is 4.55. The molecule has 0 atom stereocenters. The summed E-state index contributed by atoms with van der Waals surface area (Å²) in [5, 5.41) is 6.18. The molecule has 0 spiro atoms. The first kappa shape index (κ1) is 17.4. The van der Waals surface area contributed by atoms with Crippen LogP contribution in [0.2, 0.25) is 0 Å². The van der Waals surface area contributed by atoms with Gasteiger partial charge in [0.25, 0.3) is 0 Å². The van der Waals surface area contributed by atoms with Gasteiger partial charge in [0.2, 0.25) is 0 Å². The molecular formula is C15H16BrF3N2S. The lowest BCUT2D eigenvalue weighted by atomic mass is 9.99. The monoisotopic (exact) mass is 392 g/mol. The number of rotatable bonds is 2. The fourth-order valence-corrected chi connectivity index (χ4v) is 3.53. The van der Waals surface area contributed by atoms with E-state index in [4.69, 9.17) is 0 Å². The molecule has 1 N–H and O–H groups in total. The molecule has 0 bridgehead atoms. The van der Waals surface area contributed by atoms with Gasteiger partial charge in [0.1, 0.15) is 0 Å². The van der Waals surface area contributed by atoms with E-state index in [1.165, 1.54) is 12.1 Å². The number of nitrogens with one attached hydrogen (secondary N) is 1. The number of nitrogens with zero attached hydrogens (tertiary/aromatic N) is 1. The van der Waals surface area contributed by atoms with Gasteiger partial charge in [0, 0.05) is 16.9 Å². The second-order valence-electron chi connectivity index (χ2n) is 5.17. The highest BCUT2D eigenvalue weighted by atomic mass is 79.9. The minimum Gasteiger partial charge on any atom is -0.317 e. The Hall–Kier alpha value is -0.920. The first-order chi connectivity index (χ1) is 10.0. The first-order valence-corrected chi connectivity index (χ1v) is 7.76. The zero-order valence-corrected chi connectivity index (χ0v) is 14.2. The van der Waals surface area contributed by atoms with Gasteiger partial charge in [-0.15, -0.1) is 28.3 Å². The largest absolute Gasteiger partial charge is 0.416 e. The number of halogens is 4. The summed E-state index contributed by atoms with van der Waals surface area (Å²) in [6, 6.07) is 5.36. The van der Waals surface area contributed by atoms with Gasteiger partial charge in [0.15, 0.2) is 0 Å². The van der Waals surface area contributed by atoms with Crippen LogP contribution in [0, 0.1) is 0 Å². The Morgan fingerprint density at radius 1 is 1.18 bits per heavy atom. The Morgan fingerprint density at radius 2 is 1.91 bits per heavy atom. The number of thiazole rings is 1. The third kappa shape index (κ3) is 3.88. The van der Waals surface area contributed by atoms with Crippen LogP contribution in [0.4, 0.5) is 13.2 Å². The van der Waals surface area contributed by atoms with E-state index in [2.05, 4.69) is 10.3 Å². The van der Waals surface area contributed by atoms with E-state index in [9.17, 15) is 13.2 Å². The summed E-state index contributed by atoms with van der Waals surface area (Å²) in [7, 11) is 0. The highest BCUT2D eigenvalue weighted by Gasteiger charge is 2.30. The molecule has 0 radical (unpaired) electrons. The quantitative estimate of drug-likeness (QED) is 0.787. The van der Waals surface area contributed by atoms with Crippen LogP contribution in [0.15, 0.2) is 29.6 Å². The molecule has 1 aromatic heterocycles. The number of hydrogen-bond donors (Lipinski definition) is 1. The highest BCUT2D eigenvalue weighted by molar-refractivity contribution is 8.93. The van der Waals surface area contributed by atoms with Gasteiger partial charge in [-0.2, -0.15) is 13.2 Å². The molecular weight excluding hydrogens is 377 g/mol. The van der Waals surface area contributed by atoms with Gasteiger partial charge in [-0.3, -0.25) is 0 Å². The van der Waals surface area contributed by atoms with E-state index in [1.54, 1.807) is 17.4 Å². The number of benzene rings is 1. The summed E-state index contributed by atoms with van der Waals surface area (Å²) in [5.74, 6) is 0.427. The summed E-state index contributed by atoms with van der Waals surface area (Å²) < 4.78 is 38.3. The van der Waals surface area contributed by atoms with Crippen molar-refractivity contribution in [3.8, 4) is 11.3 Å². The average Bonchev–Trinajstić information content (AvgIpc) is 2.97. The maximum atomic E-state index is 12.8. The van der Waals surface area contributed by atoms with Crippen molar-refractivity contribution in [1.82, 2.24) is 10.3 Å². The second-order valence-corrected chi connectivity index (χ2v) is 6.06. The zero-order chi connectivity index (χ0) is 14.9. The van der Waals surface area contributed by atoms with Crippen LogP contribution in [0.25, 0.3) is 11.3 Å². The minimum absolute atomic E-state index is 0. The SMILES string of the molecule is Br.FC(F)(F)c1cccc(-c2csc(C3CCNCC3)n2)c1. The number of alkyl halides is 3. The molecule has 22 heavy (non-hydrogen) atoms. The van der Waals surface area contributed by atoms with Crippen LogP contribution in [-0.4, -0.2) is 18.1 Å². The molecule has 1 aromatic carbocycles. The predicted octanol–water partition coefficient (Wildman–Crippen LogP) is 4.87. The summed E-state index contributed by atoms with van der Waals surface area (Å²) in [5.41, 5.74) is 0.539. The third-order valence-corrected chi connectivity index (χ3v) is 4.70. The molecule has 1 aliphatic rings. The Kier molecular flexibility index (Phi) is 5.63. The molecule has 2 aromatic rings. The van der Waals surface area contributed by atoms with Crippen molar-refractivity contribution in [3.05, 3.63) is 40.2 Å². The van der Waals surface area contributed by atoms with Crippen molar-refractivity contribution in [3.63, 3.8) is 0 Å². The van der Waals surface area contributed by atoms with Crippen LogP contribution in [0.3, 0.4) is 0 Å². The summed E-state index contributed by atoms with van der Waals surface area (Å²) >= 11 is 1.54. The van der Waals surface area contributed by atoms with E-state index >= 15 is 0 Å². The molecule has 1 aliphatic heterocycles. The zero-order valence-electron chi connectivity index (χ0n) is 11.7. The Bertz CT molecular complexity index is 621. The van der Waals surface area contributed by atoms with Gasteiger partial charge >= 0.3 is 6.18 Å². The van der Waals surface area contributed by atoms with Crippen LogP contribution in [0.5, 0.6) is 0 Å². The number of hydrogen-bond acceptors (Lipinski definition) is 3. The maximum absolute atomic E-state index is 12.8. The fraction of sp³-hybridized carbons (Fsp3) is 0.400. The number of aromatic nitrogens is 1. The Morgan fingerprint density at radius 3 is 2.59 bits per heavy atom. The molecule has 120 valence electrons. The smallest absolute Gasteiger partial charge is 0.317 e.